The van der Waals surface area contributed by atoms with Gasteiger partial charge in [0.25, 0.3) is 0 Å². The fourth-order valence-electron chi connectivity index (χ4n) is 2.71. The Bertz CT molecular complexity index is 400. The minimum Gasteiger partial charge on any atom is -0.383 e. The van der Waals surface area contributed by atoms with Crippen molar-refractivity contribution in [3.8, 4) is 0 Å². The predicted molar refractivity (Wildman–Crippen MR) is 90.4 cm³/mol. The van der Waals surface area contributed by atoms with E-state index in [4.69, 9.17) is 9.72 Å². The quantitative estimate of drug-likeness (QED) is 0.748. The lowest BCUT2D eigenvalue weighted by molar-refractivity contribution is 0.199. The molecular weight excluding hydrogens is 282 g/mol. The van der Waals surface area contributed by atoms with E-state index in [1.165, 1.54) is 54.5 Å². The van der Waals surface area contributed by atoms with Gasteiger partial charge in [0.1, 0.15) is 0 Å². The molecule has 1 fully saturated rings. The number of hydrogen-bond donors (Lipinski definition) is 1. The van der Waals surface area contributed by atoms with Crippen LogP contribution in [0, 0.1) is 0 Å². The Morgan fingerprint density at radius 3 is 2.67 bits per heavy atom. The lowest BCUT2D eigenvalue weighted by atomic mass is 10.2. The Hall–Kier alpha value is -0.650. The number of nitrogens with zero attached hydrogens (tertiary/aromatic N) is 2. The Labute approximate surface area is 132 Å². The standard InChI is InChI=1S/C16H29N3OS/c1-3-8-14-15(13-17-9-12-20-2)21-16(18-14)19-10-6-4-5-7-11-19/h17H,3-13H2,1-2H3. The maximum absolute atomic E-state index is 5.09. The normalized spacial score (nSPS) is 16.2. The summed E-state index contributed by atoms with van der Waals surface area (Å²) in [5.74, 6) is 0. The predicted octanol–water partition coefficient (Wildman–Crippen LogP) is 3.21. The highest BCUT2D eigenvalue weighted by atomic mass is 32.1. The summed E-state index contributed by atoms with van der Waals surface area (Å²) >= 11 is 1.88. The summed E-state index contributed by atoms with van der Waals surface area (Å²) < 4.78 is 5.09. The van der Waals surface area contributed by atoms with Gasteiger partial charge in [-0.2, -0.15) is 0 Å². The minimum atomic E-state index is 0.765. The second kappa shape index (κ2) is 9.38. The lowest BCUT2D eigenvalue weighted by Crippen LogP contribution is -2.23. The lowest BCUT2D eigenvalue weighted by Gasteiger charge is -2.18. The van der Waals surface area contributed by atoms with Crippen LogP contribution in [-0.2, 0) is 17.7 Å². The van der Waals surface area contributed by atoms with Gasteiger partial charge in [-0.1, -0.05) is 26.2 Å². The molecule has 21 heavy (non-hydrogen) atoms. The van der Waals surface area contributed by atoms with Crippen LogP contribution in [0.2, 0.25) is 0 Å². The number of aromatic nitrogens is 1. The number of ether oxygens (including phenoxy) is 1. The molecule has 0 spiro atoms. The van der Waals surface area contributed by atoms with Crippen molar-refractivity contribution >= 4 is 16.5 Å². The Morgan fingerprint density at radius 1 is 1.24 bits per heavy atom. The second-order valence-corrected chi connectivity index (χ2v) is 6.75. The van der Waals surface area contributed by atoms with E-state index in [0.717, 1.165) is 32.5 Å². The van der Waals surface area contributed by atoms with E-state index in [1.807, 2.05) is 11.3 Å². The van der Waals surface area contributed by atoms with Crippen molar-refractivity contribution < 1.29 is 4.74 Å². The van der Waals surface area contributed by atoms with Crippen molar-refractivity contribution in [3.63, 3.8) is 0 Å². The summed E-state index contributed by atoms with van der Waals surface area (Å²) in [5.41, 5.74) is 1.30. The molecule has 1 N–H and O–H groups in total. The topological polar surface area (TPSA) is 37.4 Å². The first-order valence-corrected chi connectivity index (χ1v) is 9.10. The molecule has 0 bridgehead atoms. The molecule has 0 unspecified atom stereocenters. The van der Waals surface area contributed by atoms with Gasteiger partial charge in [0.2, 0.25) is 0 Å². The molecule has 0 atom stereocenters. The van der Waals surface area contributed by atoms with Crippen molar-refractivity contribution in [2.45, 2.75) is 52.0 Å². The van der Waals surface area contributed by atoms with E-state index in [-0.39, 0.29) is 0 Å². The molecule has 5 heteroatoms. The molecule has 1 aliphatic rings. The molecule has 4 nitrogen and oxygen atoms in total. The van der Waals surface area contributed by atoms with Crippen molar-refractivity contribution in [2.24, 2.45) is 0 Å². The molecule has 0 radical (unpaired) electrons. The van der Waals surface area contributed by atoms with E-state index in [2.05, 4.69) is 17.1 Å². The minimum absolute atomic E-state index is 0.765. The maximum atomic E-state index is 5.09. The summed E-state index contributed by atoms with van der Waals surface area (Å²) in [6, 6.07) is 0. The smallest absolute Gasteiger partial charge is 0.185 e. The second-order valence-electron chi connectivity index (χ2n) is 5.69. The number of nitrogens with one attached hydrogen (secondary N) is 1. The molecular formula is C16H29N3OS. The van der Waals surface area contributed by atoms with Crippen LogP contribution < -0.4 is 10.2 Å². The van der Waals surface area contributed by atoms with Gasteiger partial charge < -0.3 is 15.0 Å². The zero-order chi connectivity index (χ0) is 14.9. The monoisotopic (exact) mass is 311 g/mol. The first kappa shape index (κ1) is 16.7. The fourth-order valence-corrected chi connectivity index (χ4v) is 3.84. The molecule has 2 rings (SSSR count). The van der Waals surface area contributed by atoms with Gasteiger partial charge in [-0.05, 0) is 19.3 Å². The van der Waals surface area contributed by atoms with Gasteiger partial charge in [-0.15, -0.1) is 11.3 Å². The van der Waals surface area contributed by atoms with Crippen LogP contribution in [-0.4, -0.2) is 38.3 Å². The molecule has 0 amide bonds. The molecule has 1 aromatic rings. The van der Waals surface area contributed by atoms with Gasteiger partial charge in [0.05, 0.1) is 12.3 Å². The average molecular weight is 311 g/mol. The third-order valence-electron chi connectivity index (χ3n) is 3.90. The Kier molecular flexibility index (Phi) is 7.47. The zero-order valence-corrected chi connectivity index (χ0v) is 14.3. The molecule has 2 heterocycles. The van der Waals surface area contributed by atoms with Crippen molar-refractivity contribution in [3.05, 3.63) is 10.6 Å². The van der Waals surface area contributed by atoms with E-state index in [9.17, 15) is 0 Å². The first-order valence-electron chi connectivity index (χ1n) is 8.28. The van der Waals surface area contributed by atoms with Crippen molar-refractivity contribution in [1.82, 2.24) is 10.3 Å². The average Bonchev–Trinajstić information content (AvgIpc) is 2.72. The molecule has 1 aliphatic heterocycles. The Morgan fingerprint density at radius 2 is 2.00 bits per heavy atom. The summed E-state index contributed by atoms with van der Waals surface area (Å²) in [7, 11) is 1.74. The molecule has 0 saturated carbocycles. The largest absolute Gasteiger partial charge is 0.383 e. The van der Waals surface area contributed by atoms with Gasteiger partial charge in [0.15, 0.2) is 5.13 Å². The summed E-state index contributed by atoms with van der Waals surface area (Å²) in [5, 5.41) is 4.70. The fraction of sp³-hybridized carbons (Fsp3) is 0.812. The molecule has 0 aliphatic carbocycles. The van der Waals surface area contributed by atoms with Gasteiger partial charge >= 0.3 is 0 Å². The summed E-state index contributed by atoms with van der Waals surface area (Å²) in [6.45, 7) is 7.17. The number of anilines is 1. The highest BCUT2D eigenvalue weighted by molar-refractivity contribution is 7.15. The van der Waals surface area contributed by atoms with Gasteiger partial charge in [0, 0.05) is 38.2 Å². The highest BCUT2D eigenvalue weighted by Gasteiger charge is 2.17. The van der Waals surface area contributed by atoms with Crippen LogP contribution in [0.4, 0.5) is 5.13 Å². The van der Waals surface area contributed by atoms with E-state index in [0.29, 0.717) is 0 Å². The third-order valence-corrected chi connectivity index (χ3v) is 5.06. The number of rotatable bonds is 8. The van der Waals surface area contributed by atoms with Crippen LogP contribution >= 0.6 is 11.3 Å². The van der Waals surface area contributed by atoms with Crippen LogP contribution in [0.1, 0.15) is 49.6 Å². The van der Waals surface area contributed by atoms with Crippen molar-refractivity contribution in [2.75, 3.05) is 38.3 Å². The van der Waals surface area contributed by atoms with E-state index < -0.39 is 0 Å². The molecule has 120 valence electrons. The molecule has 1 saturated heterocycles. The highest BCUT2D eigenvalue weighted by Crippen LogP contribution is 2.29. The first-order chi connectivity index (χ1) is 10.3. The molecule has 0 aromatic carbocycles. The van der Waals surface area contributed by atoms with Crippen LogP contribution in [0.25, 0.3) is 0 Å². The van der Waals surface area contributed by atoms with E-state index in [1.54, 1.807) is 7.11 Å². The zero-order valence-electron chi connectivity index (χ0n) is 13.5. The van der Waals surface area contributed by atoms with Crippen LogP contribution in [0.5, 0.6) is 0 Å². The number of methoxy groups -OCH3 is 1. The third kappa shape index (κ3) is 5.24. The molecule has 1 aromatic heterocycles. The maximum Gasteiger partial charge on any atom is 0.185 e. The van der Waals surface area contributed by atoms with Gasteiger partial charge in [-0.25, -0.2) is 4.98 Å². The number of aryl methyl sites for hydroxylation is 1. The Balaban J connectivity index is 2.00. The van der Waals surface area contributed by atoms with Crippen LogP contribution in [0.15, 0.2) is 0 Å². The summed E-state index contributed by atoms with van der Waals surface area (Å²) in [6.07, 6.45) is 7.61. The SMILES string of the molecule is CCCc1nc(N2CCCCCC2)sc1CNCCOC. The van der Waals surface area contributed by atoms with Crippen molar-refractivity contribution in [1.29, 1.82) is 0 Å². The summed E-state index contributed by atoms with van der Waals surface area (Å²) in [4.78, 5) is 8.84. The number of hydrogen-bond acceptors (Lipinski definition) is 5. The van der Waals surface area contributed by atoms with Gasteiger partial charge in [-0.3, -0.25) is 0 Å². The van der Waals surface area contributed by atoms with E-state index >= 15 is 0 Å². The number of thiazole rings is 1. The van der Waals surface area contributed by atoms with Crippen LogP contribution in [0.3, 0.4) is 0 Å².